The molecule has 0 spiro atoms. The van der Waals surface area contributed by atoms with E-state index in [0.29, 0.717) is 31.7 Å². The number of likely N-dealkylation sites (tertiary alicyclic amines) is 1. The zero-order chi connectivity index (χ0) is 22.7. The van der Waals surface area contributed by atoms with E-state index in [4.69, 9.17) is 9.72 Å². The maximum atomic E-state index is 13.4. The first kappa shape index (κ1) is 22.6. The van der Waals surface area contributed by atoms with Crippen molar-refractivity contribution in [2.75, 3.05) is 38.2 Å². The minimum atomic E-state index is -0.294. The standard InChI is InChI=1S/C25H34N4O3/c1-4-32-23-8-6-5-7-20(23)21-9-10-22(29-14-12-19(30)15-17(29)2)24(27-21)25(31)26-18-11-13-28(3)16-18/h5-10,17-19,30H,4,11-16H2,1-3H3,(H,26,31)/t17-,18+,19-/m0/s1. The van der Waals surface area contributed by atoms with E-state index >= 15 is 0 Å². The highest BCUT2D eigenvalue weighted by Crippen LogP contribution is 2.33. The van der Waals surface area contributed by atoms with Crippen molar-refractivity contribution < 1.29 is 14.6 Å². The number of anilines is 1. The Hall–Kier alpha value is -2.64. The van der Waals surface area contributed by atoms with Crippen molar-refractivity contribution in [3.63, 3.8) is 0 Å². The summed E-state index contributed by atoms with van der Waals surface area (Å²) in [6.07, 6.45) is 2.02. The average Bonchev–Trinajstić information content (AvgIpc) is 3.18. The van der Waals surface area contributed by atoms with Crippen molar-refractivity contribution >= 4 is 11.6 Å². The minimum Gasteiger partial charge on any atom is -0.493 e. The van der Waals surface area contributed by atoms with Gasteiger partial charge in [0.15, 0.2) is 5.69 Å². The fraction of sp³-hybridized carbons (Fsp3) is 0.520. The van der Waals surface area contributed by atoms with E-state index in [1.807, 2.05) is 43.3 Å². The molecule has 0 bridgehead atoms. The first-order chi connectivity index (χ1) is 15.5. The van der Waals surface area contributed by atoms with Gasteiger partial charge < -0.3 is 25.0 Å². The summed E-state index contributed by atoms with van der Waals surface area (Å²) in [4.78, 5) is 22.7. The second kappa shape index (κ2) is 9.88. The van der Waals surface area contributed by atoms with Crippen LogP contribution in [0, 0.1) is 0 Å². The Morgan fingerprint density at radius 3 is 2.75 bits per heavy atom. The summed E-state index contributed by atoms with van der Waals surface area (Å²) in [7, 11) is 2.07. The van der Waals surface area contributed by atoms with Crippen LogP contribution in [0.25, 0.3) is 11.3 Å². The first-order valence-electron chi connectivity index (χ1n) is 11.6. The highest BCUT2D eigenvalue weighted by atomic mass is 16.5. The Bertz CT molecular complexity index is 951. The smallest absolute Gasteiger partial charge is 0.272 e. The molecule has 0 saturated carbocycles. The number of amides is 1. The molecule has 3 heterocycles. The van der Waals surface area contributed by atoms with Gasteiger partial charge in [0.05, 0.1) is 24.1 Å². The molecule has 7 heteroatoms. The number of aliphatic hydroxyl groups is 1. The number of hydrogen-bond donors (Lipinski definition) is 2. The van der Waals surface area contributed by atoms with Crippen LogP contribution in [0.4, 0.5) is 5.69 Å². The van der Waals surface area contributed by atoms with Gasteiger partial charge in [-0.05, 0) is 71.0 Å². The second-order valence-corrected chi connectivity index (χ2v) is 8.94. The summed E-state index contributed by atoms with van der Waals surface area (Å²) in [5, 5.41) is 13.3. The number of aliphatic hydroxyl groups excluding tert-OH is 1. The van der Waals surface area contributed by atoms with Gasteiger partial charge in [0.2, 0.25) is 0 Å². The fourth-order valence-corrected chi connectivity index (χ4v) is 4.77. The van der Waals surface area contributed by atoms with Gasteiger partial charge in [0.25, 0.3) is 5.91 Å². The Labute approximate surface area is 190 Å². The van der Waals surface area contributed by atoms with E-state index in [9.17, 15) is 9.90 Å². The lowest BCUT2D eigenvalue weighted by molar-refractivity contribution is 0.0933. The van der Waals surface area contributed by atoms with E-state index in [2.05, 4.69) is 29.1 Å². The Balaban J connectivity index is 1.71. The van der Waals surface area contributed by atoms with Crippen LogP contribution >= 0.6 is 0 Å². The van der Waals surface area contributed by atoms with E-state index in [1.165, 1.54) is 0 Å². The molecule has 0 unspecified atom stereocenters. The Morgan fingerprint density at radius 1 is 1.22 bits per heavy atom. The van der Waals surface area contributed by atoms with E-state index in [0.717, 1.165) is 42.2 Å². The third-order valence-electron chi connectivity index (χ3n) is 6.44. The van der Waals surface area contributed by atoms with Crippen LogP contribution in [0.2, 0.25) is 0 Å². The summed E-state index contributed by atoms with van der Waals surface area (Å²) in [6.45, 7) is 7.14. The lowest BCUT2D eigenvalue weighted by Crippen LogP contribution is -2.44. The number of carbonyl (C=O) groups is 1. The highest BCUT2D eigenvalue weighted by molar-refractivity contribution is 5.99. The maximum absolute atomic E-state index is 13.4. The first-order valence-corrected chi connectivity index (χ1v) is 11.6. The van der Waals surface area contributed by atoms with Gasteiger partial charge in [-0.15, -0.1) is 0 Å². The van der Waals surface area contributed by atoms with E-state index in [1.54, 1.807) is 0 Å². The van der Waals surface area contributed by atoms with Gasteiger partial charge in [0, 0.05) is 30.7 Å². The van der Waals surface area contributed by atoms with E-state index in [-0.39, 0.29) is 24.1 Å². The number of nitrogens with zero attached hydrogens (tertiary/aromatic N) is 3. The predicted octanol–water partition coefficient (Wildman–Crippen LogP) is 2.93. The largest absolute Gasteiger partial charge is 0.493 e. The lowest BCUT2D eigenvalue weighted by atomic mass is 9.99. The SMILES string of the molecule is CCOc1ccccc1-c1ccc(N2CC[C@H](O)C[C@@H]2C)c(C(=O)N[C@@H]2CCN(C)C2)n1. The molecule has 1 aromatic heterocycles. The molecule has 2 aromatic rings. The summed E-state index contributed by atoms with van der Waals surface area (Å²) in [6, 6.07) is 12.0. The number of aromatic nitrogens is 1. The van der Waals surface area contributed by atoms with Crippen LogP contribution in [0.5, 0.6) is 5.75 Å². The molecule has 2 fully saturated rings. The maximum Gasteiger partial charge on any atom is 0.272 e. The molecule has 2 aliphatic rings. The van der Waals surface area contributed by atoms with Gasteiger partial charge in [0.1, 0.15) is 5.75 Å². The Morgan fingerprint density at radius 2 is 2.03 bits per heavy atom. The third-order valence-corrected chi connectivity index (χ3v) is 6.44. The van der Waals surface area contributed by atoms with E-state index < -0.39 is 0 Å². The molecule has 0 aliphatic carbocycles. The number of benzene rings is 1. The van der Waals surface area contributed by atoms with Crippen molar-refractivity contribution in [2.45, 2.75) is 51.3 Å². The predicted molar refractivity (Wildman–Crippen MR) is 126 cm³/mol. The summed E-state index contributed by atoms with van der Waals surface area (Å²) < 4.78 is 5.80. The molecule has 7 nitrogen and oxygen atoms in total. The molecule has 2 aliphatic heterocycles. The minimum absolute atomic E-state index is 0.127. The molecule has 2 saturated heterocycles. The number of nitrogens with one attached hydrogen (secondary N) is 1. The van der Waals surface area contributed by atoms with Crippen LogP contribution in [0.15, 0.2) is 36.4 Å². The molecule has 3 atom stereocenters. The number of pyridine rings is 1. The molecule has 2 N–H and O–H groups in total. The summed E-state index contributed by atoms with van der Waals surface area (Å²) in [5.74, 6) is 0.614. The molecular formula is C25H34N4O3. The van der Waals surface area contributed by atoms with Crippen LogP contribution in [-0.4, -0.2) is 72.4 Å². The summed E-state index contributed by atoms with van der Waals surface area (Å²) >= 11 is 0. The number of para-hydroxylation sites is 1. The lowest BCUT2D eigenvalue weighted by Gasteiger charge is -2.38. The van der Waals surface area contributed by atoms with Crippen molar-refractivity contribution in [2.24, 2.45) is 0 Å². The quantitative estimate of drug-likeness (QED) is 0.722. The molecule has 0 radical (unpaired) electrons. The summed E-state index contributed by atoms with van der Waals surface area (Å²) in [5.41, 5.74) is 2.85. The van der Waals surface area contributed by atoms with Gasteiger partial charge in [-0.3, -0.25) is 4.79 Å². The van der Waals surface area contributed by atoms with Crippen molar-refractivity contribution in [3.8, 4) is 17.0 Å². The topological polar surface area (TPSA) is 77.9 Å². The second-order valence-electron chi connectivity index (χ2n) is 8.94. The number of ether oxygens (including phenoxy) is 1. The molecular weight excluding hydrogens is 404 g/mol. The van der Waals surface area contributed by atoms with Crippen LogP contribution in [0.1, 0.15) is 43.6 Å². The number of hydrogen-bond acceptors (Lipinski definition) is 6. The molecule has 1 amide bonds. The van der Waals surface area contributed by atoms with Crippen LogP contribution < -0.4 is 15.0 Å². The third kappa shape index (κ3) is 4.89. The molecule has 4 rings (SSSR count). The molecule has 32 heavy (non-hydrogen) atoms. The van der Waals surface area contributed by atoms with Gasteiger partial charge >= 0.3 is 0 Å². The molecule has 1 aromatic carbocycles. The van der Waals surface area contributed by atoms with Gasteiger partial charge in [-0.1, -0.05) is 12.1 Å². The number of likely N-dealkylation sites (N-methyl/N-ethyl adjacent to an activating group) is 1. The normalized spacial score (nSPS) is 23.9. The highest BCUT2D eigenvalue weighted by Gasteiger charge is 2.30. The van der Waals surface area contributed by atoms with Crippen LogP contribution in [0.3, 0.4) is 0 Å². The fourth-order valence-electron chi connectivity index (χ4n) is 4.77. The van der Waals surface area contributed by atoms with Crippen molar-refractivity contribution in [1.29, 1.82) is 0 Å². The zero-order valence-corrected chi connectivity index (χ0v) is 19.3. The van der Waals surface area contributed by atoms with Crippen molar-refractivity contribution in [3.05, 3.63) is 42.1 Å². The number of piperidine rings is 1. The zero-order valence-electron chi connectivity index (χ0n) is 19.3. The monoisotopic (exact) mass is 438 g/mol. The van der Waals surface area contributed by atoms with Gasteiger partial charge in [-0.25, -0.2) is 4.98 Å². The Kier molecular flexibility index (Phi) is 6.96. The average molecular weight is 439 g/mol. The van der Waals surface area contributed by atoms with Crippen molar-refractivity contribution in [1.82, 2.24) is 15.2 Å². The number of rotatable bonds is 6. The van der Waals surface area contributed by atoms with Crippen LogP contribution in [-0.2, 0) is 0 Å². The van der Waals surface area contributed by atoms with Gasteiger partial charge in [-0.2, -0.15) is 0 Å². The molecule has 172 valence electrons. The number of carbonyl (C=O) groups excluding carboxylic acids is 1.